The maximum atomic E-state index is 12.9. The molecule has 29 heavy (non-hydrogen) atoms. The number of esters is 2. The molecule has 2 heterocycles. The molecule has 8 nitrogen and oxygen atoms in total. The molecule has 0 aliphatic carbocycles. The molecule has 9 heteroatoms. The van der Waals surface area contributed by atoms with Crippen LogP contribution in [-0.4, -0.2) is 54.0 Å². The molecule has 0 N–H and O–H groups in total. The highest BCUT2D eigenvalue weighted by molar-refractivity contribution is 8.14. The van der Waals surface area contributed by atoms with Crippen LogP contribution in [0.1, 0.15) is 31.9 Å². The van der Waals surface area contributed by atoms with Gasteiger partial charge in [-0.05, 0) is 24.6 Å². The summed E-state index contributed by atoms with van der Waals surface area (Å²) >= 11 is 1.47. The summed E-state index contributed by atoms with van der Waals surface area (Å²) in [6, 6.07) is 6.07. The molecule has 2 aliphatic rings. The number of carbonyl (C=O) groups excluding carboxylic acids is 3. The van der Waals surface area contributed by atoms with Crippen molar-refractivity contribution in [1.29, 1.82) is 0 Å². The van der Waals surface area contributed by atoms with Gasteiger partial charge in [0, 0.05) is 26.2 Å². The standard InChI is InChI=1S/C20H22N2O6S/c1-12-17(19(25)27-9-8-26-3)18(22-16(24)7-10-29-20(22)21-12)14-5-4-6-15(11-14)28-13(2)23/h4-6,11,18H,7-10H2,1-3H3. The zero-order valence-corrected chi connectivity index (χ0v) is 17.3. The number of allylic oxidation sites excluding steroid dienone is 1. The highest BCUT2D eigenvalue weighted by Gasteiger charge is 2.41. The lowest BCUT2D eigenvalue weighted by atomic mass is 9.94. The smallest absolute Gasteiger partial charge is 0.338 e. The van der Waals surface area contributed by atoms with Gasteiger partial charge in [0.25, 0.3) is 0 Å². The van der Waals surface area contributed by atoms with E-state index >= 15 is 0 Å². The van der Waals surface area contributed by atoms with E-state index in [9.17, 15) is 14.4 Å². The summed E-state index contributed by atoms with van der Waals surface area (Å²) in [7, 11) is 1.52. The van der Waals surface area contributed by atoms with E-state index in [1.807, 2.05) is 0 Å². The van der Waals surface area contributed by atoms with E-state index in [4.69, 9.17) is 14.2 Å². The van der Waals surface area contributed by atoms with Crippen molar-refractivity contribution in [2.75, 3.05) is 26.1 Å². The molecule has 2 aliphatic heterocycles. The fourth-order valence-corrected chi connectivity index (χ4v) is 4.19. The minimum atomic E-state index is -0.714. The zero-order chi connectivity index (χ0) is 21.0. The normalized spacial score (nSPS) is 18.9. The van der Waals surface area contributed by atoms with Gasteiger partial charge in [-0.3, -0.25) is 14.5 Å². The molecule has 0 spiro atoms. The second-order valence-electron chi connectivity index (χ2n) is 6.45. The molecule has 1 amide bonds. The Morgan fingerprint density at radius 1 is 1.31 bits per heavy atom. The Morgan fingerprint density at radius 2 is 2.10 bits per heavy atom. The van der Waals surface area contributed by atoms with E-state index in [-0.39, 0.29) is 24.7 Å². The molecule has 0 bridgehead atoms. The van der Waals surface area contributed by atoms with Crippen LogP contribution in [0.4, 0.5) is 0 Å². The van der Waals surface area contributed by atoms with Crippen molar-refractivity contribution in [2.45, 2.75) is 26.3 Å². The molecule has 1 fully saturated rings. The fraction of sp³-hybridized carbons (Fsp3) is 0.400. The Kier molecular flexibility index (Phi) is 6.71. The van der Waals surface area contributed by atoms with Gasteiger partial charge in [-0.1, -0.05) is 23.9 Å². The number of methoxy groups -OCH3 is 1. The van der Waals surface area contributed by atoms with Crippen LogP contribution in [0.25, 0.3) is 0 Å². The molecule has 1 aromatic carbocycles. The Morgan fingerprint density at radius 3 is 2.83 bits per heavy atom. The number of aliphatic imine (C=N–C) groups is 1. The van der Waals surface area contributed by atoms with Crippen LogP contribution in [0.15, 0.2) is 40.5 Å². The summed E-state index contributed by atoms with van der Waals surface area (Å²) in [5.41, 5.74) is 1.40. The second-order valence-corrected chi connectivity index (χ2v) is 7.52. The number of nitrogens with zero attached hydrogens (tertiary/aromatic N) is 2. The summed E-state index contributed by atoms with van der Waals surface area (Å²) in [5, 5.41) is 0.551. The van der Waals surface area contributed by atoms with Crippen molar-refractivity contribution in [3.05, 3.63) is 41.1 Å². The lowest BCUT2D eigenvalue weighted by molar-refractivity contribution is -0.141. The van der Waals surface area contributed by atoms with E-state index < -0.39 is 18.0 Å². The average Bonchev–Trinajstić information content (AvgIpc) is 2.67. The minimum absolute atomic E-state index is 0.0889. The van der Waals surface area contributed by atoms with E-state index in [1.165, 1.54) is 30.7 Å². The maximum Gasteiger partial charge on any atom is 0.338 e. The highest BCUT2D eigenvalue weighted by Crippen LogP contribution is 2.41. The summed E-state index contributed by atoms with van der Waals surface area (Å²) in [6.07, 6.45) is 0.342. The van der Waals surface area contributed by atoms with Crippen molar-refractivity contribution in [3.63, 3.8) is 0 Å². The van der Waals surface area contributed by atoms with Gasteiger partial charge in [0.2, 0.25) is 5.91 Å². The molecule has 1 aromatic rings. The number of amides is 1. The summed E-state index contributed by atoms with van der Waals surface area (Å²) in [6.45, 7) is 3.38. The predicted octanol–water partition coefficient (Wildman–Crippen LogP) is 2.45. The van der Waals surface area contributed by atoms with Crippen LogP contribution in [0.5, 0.6) is 5.75 Å². The van der Waals surface area contributed by atoms with Crippen LogP contribution >= 0.6 is 11.8 Å². The number of carbonyl (C=O) groups is 3. The predicted molar refractivity (Wildman–Crippen MR) is 107 cm³/mol. The van der Waals surface area contributed by atoms with Crippen molar-refractivity contribution < 1.29 is 28.6 Å². The van der Waals surface area contributed by atoms with E-state index in [1.54, 1.807) is 31.2 Å². The first-order valence-electron chi connectivity index (χ1n) is 9.11. The van der Waals surface area contributed by atoms with Gasteiger partial charge in [-0.15, -0.1) is 0 Å². The molecule has 0 aromatic heterocycles. The molecule has 3 rings (SSSR count). The van der Waals surface area contributed by atoms with Gasteiger partial charge in [0.15, 0.2) is 5.17 Å². The second kappa shape index (κ2) is 9.23. The average molecular weight is 418 g/mol. The van der Waals surface area contributed by atoms with Gasteiger partial charge in [0.05, 0.1) is 23.9 Å². The third-order valence-electron chi connectivity index (χ3n) is 4.38. The lowest BCUT2D eigenvalue weighted by Crippen LogP contribution is -2.45. The minimum Gasteiger partial charge on any atom is -0.460 e. The maximum absolute atomic E-state index is 12.9. The van der Waals surface area contributed by atoms with Gasteiger partial charge in [-0.2, -0.15) is 0 Å². The van der Waals surface area contributed by atoms with E-state index in [2.05, 4.69) is 4.99 Å². The number of hydrogen-bond donors (Lipinski definition) is 0. The molecule has 0 saturated carbocycles. The Labute approximate surface area is 172 Å². The number of fused-ring (bicyclic) bond motifs is 1. The number of ether oxygens (including phenoxy) is 3. The van der Waals surface area contributed by atoms with Gasteiger partial charge in [0.1, 0.15) is 12.4 Å². The molecule has 1 atom stereocenters. The van der Waals surface area contributed by atoms with Crippen molar-refractivity contribution in [2.24, 2.45) is 4.99 Å². The van der Waals surface area contributed by atoms with Crippen LogP contribution in [0, 0.1) is 0 Å². The Bertz CT molecular complexity index is 895. The summed E-state index contributed by atoms with van der Waals surface area (Å²) < 4.78 is 15.5. The first-order valence-corrected chi connectivity index (χ1v) is 10.1. The molecular weight excluding hydrogens is 396 g/mol. The zero-order valence-electron chi connectivity index (χ0n) is 16.5. The molecule has 154 valence electrons. The van der Waals surface area contributed by atoms with Crippen molar-refractivity contribution in [1.82, 2.24) is 4.90 Å². The fourth-order valence-electron chi connectivity index (χ4n) is 3.18. The lowest BCUT2D eigenvalue weighted by Gasteiger charge is -2.39. The largest absolute Gasteiger partial charge is 0.460 e. The van der Waals surface area contributed by atoms with Crippen LogP contribution in [0.3, 0.4) is 0 Å². The van der Waals surface area contributed by atoms with Crippen molar-refractivity contribution in [3.8, 4) is 5.75 Å². The first-order chi connectivity index (χ1) is 13.9. The topological polar surface area (TPSA) is 94.5 Å². The van der Waals surface area contributed by atoms with Gasteiger partial charge in [-0.25, -0.2) is 9.79 Å². The van der Waals surface area contributed by atoms with Gasteiger partial charge >= 0.3 is 11.9 Å². The number of thioether (sulfide) groups is 1. The monoisotopic (exact) mass is 418 g/mol. The SMILES string of the molecule is COCCOC(=O)C1=C(C)N=C2SCCC(=O)N2C1c1cccc(OC(C)=O)c1. The van der Waals surface area contributed by atoms with E-state index in [0.717, 1.165) is 0 Å². The Hall–Kier alpha value is -2.65. The summed E-state index contributed by atoms with van der Waals surface area (Å²) in [5.74, 6) is -0.173. The van der Waals surface area contributed by atoms with Gasteiger partial charge < -0.3 is 14.2 Å². The third-order valence-corrected chi connectivity index (χ3v) is 5.34. The van der Waals surface area contributed by atoms with Crippen LogP contribution < -0.4 is 4.74 Å². The molecular formula is C20H22N2O6S. The Balaban J connectivity index is 2.05. The van der Waals surface area contributed by atoms with Crippen LogP contribution in [-0.2, 0) is 23.9 Å². The molecule has 1 unspecified atom stereocenters. The molecule has 1 saturated heterocycles. The number of amidine groups is 1. The quantitative estimate of drug-likeness (QED) is 0.398. The van der Waals surface area contributed by atoms with E-state index in [0.29, 0.717) is 34.4 Å². The number of rotatable bonds is 6. The van der Waals surface area contributed by atoms with Crippen molar-refractivity contribution >= 4 is 34.8 Å². The highest BCUT2D eigenvalue weighted by atomic mass is 32.2. The molecule has 0 radical (unpaired) electrons. The summed E-state index contributed by atoms with van der Waals surface area (Å²) in [4.78, 5) is 43.0. The first kappa shape index (κ1) is 21.1. The van der Waals surface area contributed by atoms with Crippen LogP contribution in [0.2, 0.25) is 0 Å². The number of benzene rings is 1. The number of hydrogen-bond acceptors (Lipinski definition) is 8. The third kappa shape index (κ3) is 4.68.